The molecule has 3 saturated carbocycles. The fraction of sp³-hybridized carbons (Fsp3) is 0.862. The van der Waals surface area contributed by atoms with Crippen molar-refractivity contribution >= 4 is 11.8 Å². The zero-order chi connectivity index (χ0) is 26.9. The number of carbonyl (C=O) groups excluding carboxylic acids is 2. The summed E-state index contributed by atoms with van der Waals surface area (Å²) in [4.78, 5) is 25.0. The van der Waals surface area contributed by atoms with Crippen molar-refractivity contribution in [2.24, 2.45) is 28.6 Å². The number of aliphatic hydroxyl groups excluding tert-OH is 1. The van der Waals surface area contributed by atoms with E-state index in [1.54, 1.807) is 26.8 Å². The summed E-state index contributed by atoms with van der Waals surface area (Å²) in [6, 6.07) is 0. The Balaban J connectivity index is 1.62. The zero-order valence-electron chi connectivity index (χ0n) is 22.8. The van der Waals surface area contributed by atoms with E-state index in [9.17, 15) is 30.0 Å². The molecule has 0 heterocycles. The number of rotatable bonds is 6. The Morgan fingerprint density at radius 3 is 2.39 bits per heavy atom. The van der Waals surface area contributed by atoms with Crippen LogP contribution in [-0.4, -0.2) is 61.2 Å². The monoisotopic (exact) mass is 506 g/mol. The van der Waals surface area contributed by atoms with Crippen LogP contribution in [0.15, 0.2) is 11.6 Å². The number of hydrogen-bond acceptors (Lipinski definition) is 7. The van der Waals surface area contributed by atoms with Gasteiger partial charge < -0.3 is 25.2 Å². The van der Waals surface area contributed by atoms with Crippen LogP contribution >= 0.6 is 0 Å². The molecule has 36 heavy (non-hydrogen) atoms. The largest absolute Gasteiger partial charge is 0.463 e. The number of carbonyl (C=O) groups is 2. The molecule has 0 aromatic heterocycles. The van der Waals surface area contributed by atoms with E-state index in [1.165, 1.54) is 6.92 Å². The SMILES string of the molecule is CC(=O)O[C@H]1CC[C@@]2(C)[C@H](C1)C(=O)C=C1[C@@H]2CC[C@]2(C)[C@@H]([C@@](C)(O)[C@H](O)CCC(C)(C)O)CC[C@@]12O. The molecular weight excluding hydrogens is 460 g/mol. The molecule has 4 N–H and O–H groups in total. The van der Waals surface area contributed by atoms with Crippen LogP contribution in [0.3, 0.4) is 0 Å². The maximum atomic E-state index is 13.5. The second-order valence-electron chi connectivity index (χ2n) is 13.6. The number of fused-ring (bicyclic) bond motifs is 5. The van der Waals surface area contributed by atoms with Gasteiger partial charge in [-0.3, -0.25) is 9.59 Å². The van der Waals surface area contributed by atoms with Gasteiger partial charge in [0.2, 0.25) is 0 Å². The average molecular weight is 507 g/mol. The topological polar surface area (TPSA) is 124 Å². The first kappa shape index (κ1) is 27.7. The van der Waals surface area contributed by atoms with E-state index >= 15 is 0 Å². The maximum Gasteiger partial charge on any atom is 0.302 e. The normalized spacial score (nSPS) is 42.9. The predicted octanol–water partition coefficient (Wildman–Crippen LogP) is 3.45. The van der Waals surface area contributed by atoms with E-state index in [2.05, 4.69) is 6.92 Å². The molecular formula is C29H46O7. The molecule has 0 aromatic rings. The van der Waals surface area contributed by atoms with Gasteiger partial charge in [-0.2, -0.15) is 0 Å². The summed E-state index contributed by atoms with van der Waals surface area (Å²) in [5.74, 6) is -0.853. The third-order valence-corrected chi connectivity index (χ3v) is 10.8. The molecule has 4 aliphatic rings. The van der Waals surface area contributed by atoms with Gasteiger partial charge in [-0.25, -0.2) is 0 Å². The predicted molar refractivity (Wildman–Crippen MR) is 135 cm³/mol. The summed E-state index contributed by atoms with van der Waals surface area (Å²) in [7, 11) is 0. The average Bonchev–Trinajstić information content (AvgIpc) is 3.04. The number of ether oxygens (including phenoxy) is 1. The van der Waals surface area contributed by atoms with Crippen LogP contribution in [0.2, 0.25) is 0 Å². The lowest BCUT2D eigenvalue weighted by Gasteiger charge is -2.60. The summed E-state index contributed by atoms with van der Waals surface area (Å²) in [5.41, 5.74) is -3.80. The minimum absolute atomic E-state index is 0.00120. The van der Waals surface area contributed by atoms with Gasteiger partial charge in [0.05, 0.1) is 22.9 Å². The Bertz CT molecular complexity index is 932. The molecule has 3 fully saturated rings. The molecule has 0 bridgehead atoms. The highest BCUT2D eigenvalue weighted by Crippen LogP contribution is 2.68. The first-order valence-electron chi connectivity index (χ1n) is 13.7. The zero-order valence-corrected chi connectivity index (χ0v) is 22.8. The molecule has 7 nitrogen and oxygen atoms in total. The molecule has 7 heteroatoms. The lowest BCUT2D eigenvalue weighted by Crippen LogP contribution is -2.62. The Kier molecular flexibility index (Phi) is 6.85. The van der Waals surface area contributed by atoms with Crippen LogP contribution in [0.4, 0.5) is 0 Å². The summed E-state index contributed by atoms with van der Waals surface area (Å²) in [5, 5.41) is 45.0. The third kappa shape index (κ3) is 4.28. The minimum Gasteiger partial charge on any atom is -0.463 e. The van der Waals surface area contributed by atoms with Crippen LogP contribution in [0.5, 0.6) is 0 Å². The van der Waals surface area contributed by atoms with Gasteiger partial charge in [-0.1, -0.05) is 13.8 Å². The van der Waals surface area contributed by atoms with E-state index in [-0.39, 0.29) is 47.4 Å². The number of aliphatic hydroxyl groups is 4. The molecule has 0 saturated heterocycles. The summed E-state index contributed by atoms with van der Waals surface area (Å²) in [6.07, 6.45) is 5.48. The number of hydrogen-bond donors (Lipinski definition) is 4. The van der Waals surface area contributed by atoms with E-state index in [1.807, 2.05) is 6.92 Å². The molecule has 9 atom stereocenters. The van der Waals surface area contributed by atoms with Crippen LogP contribution in [0.1, 0.15) is 99.3 Å². The van der Waals surface area contributed by atoms with Gasteiger partial charge >= 0.3 is 5.97 Å². The molecule has 0 aliphatic heterocycles. The van der Waals surface area contributed by atoms with Gasteiger partial charge in [-0.05, 0) is 107 Å². The number of allylic oxidation sites excluding steroid dienone is 1. The van der Waals surface area contributed by atoms with Crippen molar-refractivity contribution in [3.63, 3.8) is 0 Å². The Hall–Kier alpha value is -1.28. The molecule has 0 aromatic carbocycles. The summed E-state index contributed by atoms with van der Waals surface area (Å²) < 4.78 is 5.46. The van der Waals surface area contributed by atoms with Crippen molar-refractivity contribution in [3.05, 3.63) is 11.6 Å². The molecule has 0 spiro atoms. The maximum absolute atomic E-state index is 13.5. The van der Waals surface area contributed by atoms with Crippen molar-refractivity contribution in [2.75, 3.05) is 0 Å². The van der Waals surface area contributed by atoms with E-state index in [0.717, 1.165) is 18.4 Å². The van der Waals surface area contributed by atoms with E-state index in [4.69, 9.17) is 4.74 Å². The smallest absolute Gasteiger partial charge is 0.302 e. The van der Waals surface area contributed by atoms with Crippen molar-refractivity contribution in [1.82, 2.24) is 0 Å². The highest BCUT2D eigenvalue weighted by Gasteiger charge is 2.68. The minimum atomic E-state index is -1.44. The van der Waals surface area contributed by atoms with Gasteiger partial charge in [0.25, 0.3) is 0 Å². The van der Waals surface area contributed by atoms with Gasteiger partial charge in [0.15, 0.2) is 5.78 Å². The van der Waals surface area contributed by atoms with Crippen molar-refractivity contribution in [3.8, 4) is 0 Å². The van der Waals surface area contributed by atoms with E-state index in [0.29, 0.717) is 38.5 Å². The highest BCUT2D eigenvalue weighted by molar-refractivity contribution is 5.95. The Morgan fingerprint density at radius 2 is 1.78 bits per heavy atom. The second kappa shape index (κ2) is 8.89. The van der Waals surface area contributed by atoms with Crippen molar-refractivity contribution in [2.45, 2.75) is 128 Å². The highest BCUT2D eigenvalue weighted by atomic mass is 16.5. The van der Waals surface area contributed by atoms with Crippen molar-refractivity contribution < 1.29 is 34.8 Å². The Labute approximate surface area is 215 Å². The van der Waals surface area contributed by atoms with Gasteiger partial charge in [0, 0.05) is 18.3 Å². The number of ketones is 1. The molecule has 0 amide bonds. The summed E-state index contributed by atoms with van der Waals surface area (Å²) >= 11 is 0. The fourth-order valence-electron chi connectivity index (χ4n) is 8.60. The van der Waals surface area contributed by atoms with Crippen LogP contribution < -0.4 is 0 Å². The first-order chi connectivity index (χ1) is 16.5. The van der Waals surface area contributed by atoms with E-state index < -0.39 is 28.3 Å². The van der Waals surface area contributed by atoms with Gasteiger partial charge in [0.1, 0.15) is 6.10 Å². The summed E-state index contributed by atoms with van der Waals surface area (Å²) in [6.45, 7) is 10.6. The molecule has 0 radical (unpaired) electrons. The standard InChI is InChI=1S/C29H46O7/c1-17(30)36-18-7-12-26(4)19-8-13-27(5)23(28(6,34)24(32)10-11-25(2,3)33)9-14-29(27,35)20(19)16-22(31)21(26)15-18/h16,18-19,21,23-24,32-35H,7-15H2,1-6H3/t18-,19-,21+,23-,24+,26+,27+,28+,29+/m0/s1. The molecule has 4 aliphatic carbocycles. The lowest BCUT2D eigenvalue weighted by molar-refractivity contribution is -0.174. The first-order valence-corrected chi connectivity index (χ1v) is 13.7. The molecule has 4 rings (SSSR count). The third-order valence-electron chi connectivity index (χ3n) is 10.8. The van der Waals surface area contributed by atoms with Crippen LogP contribution in [0, 0.1) is 28.6 Å². The van der Waals surface area contributed by atoms with Crippen LogP contribution in [0.25, 0.3) is 0 Å². The second-order valence-corrected chi connectivity index (χ2v) is 13.6. The quantitative estimate of drug-likeness (QED) is 0.407. The van der Waals surface area contributed by atoms with Gasteiger partial charge in [-0.15, -0.1) is 0 Å². The molecule has 0 unspecified atom stereocenters. The van der Waals surface area contributed by atoms with Crippen LogP contribution in [-0.2, 0) is 14.3 Å². The lowest BCUT2D eigenvalue weighted by atomic mass is 9.46. The molecule has 204 valence electrons. The Morgan fingerprint density at radius 1 is 1.11 bits per heavy atom. The number of esters is 1. The fourth-order valence-corrected chi connectivity index (χ4v) is 8.60. The van der Waals surface area contributed by atoms with Crippen molar-refractivity contribution in [1.29, 1.82) is 0 Å².